The van der Waals surface area contributed by atoms with Crippen LogP contribution in [0, 0.1) is 0 Å². The third-order valence-corrected chi connectivity index (χ3v) is 3.59. The molecule has 2 heterocycles. The first-order valence-corrected chi connectivity index (χ1v) is 7.22. The lowest BCUT2D eigenvalue weighted by molar-refractivity contribution is -0.137. The molecular weight excluding hydrogens is 335 g/mol. The van der Waals surface area contributed by atoms with Gasteiger partial charge in [-0.2, -0.15) is 18.3 Å². The first-order chi connectivity index (χ1) is 11.8. The Balaban J connectivity index is 1.99. The van der Waals surface area contributed by atoms with Crippen LogP contribution in [0.4, 0.5) is 18.9 Å². The van der Waals surface area contributed by atoms with Gasteiger partial charge >= 0.3 is 12.1 Å². The normalized spacial score (nSPS) is 14.8. The molecule has 1 aliphatic heterocycles. The molecule has 25 heavy (non-hydrogen) atoms. The molecule has 5 nitrogen and oxygen atoms in total. The van der Waals surface area contributed by atoms with E-state index in [2.05, 4.69) is 10.1 Å². The highest BCUT2D eigenvalue weighted by molar-refractivity contribution is 6.13. The third-order valence-electron chi connectivity index (χ3n) is 3.59. The van der Waals surface area contributed by atoms with Crippen molar-refractivity contribution in [1.82, 2.24) is 4.98 Å². The van der Waals surface area contributed by atoms with Gasteiger partial charge in [0.25, 0.3) is 0 Å². The number of nitrogens with zero attached hydrogens (tertiary/aromatic N) is 3. The fraction of sp³-hybridized carbons (Fsp3) is 0.118. The molecule has 0 fully saturated rings. The number of carboxylic acid groups (broad SMARTS) is 1. The van der Waals surface area contributed by atoms with E-state index in [-0.39, 0.29) is 17.8 Å². The van der Waals surface area contributed by atoms with Gasteiger partial charge in [0.1, 0.15) is 0 Å². The van der Waals surface area contributed by atoms with Crippen molar-refractivity contribution in [2.75, 3.05) is 11.6 Å². The van der Waals surface area contributed by atoms with Gasteiger partial charge < -0.3 is 5.11 Å². The maximum Gasteiger partial charge on any atom is 0.416 e. The largest absolute Gasteiger partial charge is 0.478 e. The molecule has 0 saturated carbocycles. The molecule has 0 saturated heterocycles. The summed E-state index contributed by atoms with van der Waals surface area (Å²) in [6, 6.07) is 7.81. The van der Waals surface area contributed by atoms with E-state index in [4.69, 9.17) is 0 Å². The van der Waals surface area contributed by atoms with Crippen molar-refractivity contribution >= 4 is 17.4 Å². The molecule has 0 radical (unpaired) electrons. The molecule has 0 atom stereocenters. The summed E-state index contributed by atoms with van der Waals surface area (Å²) in [7, 11) is 0. The smallest absolute Gasteiger partial charge is 0.416 e. The Hall–Kier alpha value is -3.16. The van der Waals surface area contributed by atoms with Gasteiger partial charge in [0.2, 0.25) is 0 Å². The van der Waals surface area contributed by atoms with Crippen LogP contribution in [0.2, 0.25) is 0 Å². The number of hydrogen-bond acceptors (Lipinski definition) is 4. The standard InChI is InChI=1S/C17H12F3N3O2/c18-17(19,20)13-5-3-11(4-6-13)15-8-12(16(24)25)10-23(22-15)14-2-1-7-21-9-14/h1-9H,10H2,(H,24,25). The number of allylic oxidation sites excluding steroid dienone is 1. The molecule has 128 valence electrons. The van der Waals surface area contributed by atoms with Crippen molar-refractivity contribution in [2.24, 2.45) is 5.10 Å². The van der Waals surface area contributed by atoms with Crippen molar-refractivity contribution in [3.63, 3.8) is 0 Å². The van der Waals surface area contributed by atoms with Crippen LogP contribution < -0.4 is 5.01 Å². The lowest BCUT2D eigenvalue weighted by Gasteiger charge is -2.24. The van der Waals surface area contributed by atoms with E-state index in [1.165, 1.54) is 29.4 Å². The number of hydrazone groups is 1. The van der Waals surface area contributed by atoms with Gasteiger partial charge in [0.05, 0.1) is 35.3 Å². The van der Waals surface area contributed by atoms with Crippen LogP contribution in [0.5, 0.6) is 0 Å². The van der Waals surface area contributed by atoms with Crippen molar-refractivity contribution in [2.45, 2.75) is 6.18 Å². The number of rotatable bonds is 3. The van der Waals surface area contributed by atoms with Crippen LogP contribution in [-0.4, -0.2) is 28.3 Å². The van der Waals surface area contributed by atoms with Crippen LogP contribution in [0.15, 0.2) is 65.5 Å². The zero-order valence-electron chi connectivity index (χ0n) is 12.7. The number of aliphatic carboxylic acids is 1. The van der Waals surface area contributed by atoms with E-state index in [1.807, 2.05) is 0 Å². The highest BCUT2D eigenvalue weighted by Crippen LogP contribution is 2.29. The molecule has 2 aromatic rings. The SMILES string of the molecule is O=C(O)C1=CC(c2ccc(C(F)(F)F)cc2)=NN(c2cccnc2)C1. The zero-order valence-corrected chi connectivity index (χ0v) is 12.7. The Kier molecular flexibility index (Phi) is 4.26. The van der Waals surface area contributed by atoms with Crippen LogP contribution in [0.3, 0.4) is 0 Å². The van der Waals surface area contributed by atoms with Gasteiger partial charge in [0.15, 0.2) is 0 Å². The summed E-state index contributed by atoms with van der Waals surface area (Å²) in [5.41, 5.74) is 0.535. The average Bonchev–Trinajstić information content (AvgIpc) is 2.61. The third kappa shape index (κ3) is 3.68. The molecule has 3 rings (SSSR count). The second-order valence-corrected chi connectivity index (χ2v) is 5.30. The second-order valence-electron chi connectivity index (χ2n) is 5.30. The molecule has 1 aromatic heterocycles. The van der Waals surface area contributed by atoms with E-state index >= 15 is 0 Å². The first-order valence-electron chi connectivity index (χ1n) is 7.22. The Morgan fingerprint density at radius 1 is 1.16 bits per heavy atom. The Labute approximate surface area is 140 Å². The Morgan fingerprint density at radius 3 is 2.44 bits per heavy atom. The van der Waals surface area contributed by atoms with E-state index in [9.17, 15) is 23.1 Å². The number of halogens is 3. The fourth-order valence-corrected chi connectivity index (χ4v) is 2.32. The van der Waals surface area contributed by atoms with Crippen LogP contribution in [0.1, 0.15) is 11.1 Å². The summed E-state index contributed by atoms with van der Waals surface area (Å²) in [6.07, 6.45) is 0.0229. The topological polar surface area (TPSA) is 65.8 Å². The lowest BCUT2D eigenvalue weighted by atomic mass is 10.0. The minimum atomic E-state index is -4.43. The molecule has 1 aromatic carbocycles. The minimum Gasteiger partial charge on any atom is -0.478 e. The van der Waals surface area contributed by atoms with Gasteiger partial charge in [-0.1, -0.05) is 12.1 Å². The number of carboxylic acids is 1. The lowest BCUT2D eigenvalue weighted by Crippen LogP contribution is -2.29. The highest BCUT2D eigenvalue weighted by atomic mass is 19.4. The summed E-state index contributed by atoms with van der Waals surface area (Å²) in [5, 5.41) is 15.1. The number of alkyl halides is 3. The van der Waals surface area contributed by atoms with Crippen LogP contribution in [-0.2, 0) is 11.0 Å². The predicted molar refractivity (Wildman–Crippen MR) is 85.3 cm³/mol. The van der Waals surface area contributed by atoms with Crippen LogP contribution >= 0.6 is 0 Å². The maximum absolute atomic E-state index is 12.7. The number of pyridine rings is 1. The number of benzene rings is 1. The minimum absolute atomic E-state index is 0.0329. The molecule has 1 aliphatic rings. The van der Waals surface area contributed by atoms with Crippen molar-refractivity contribution in [1.29, 1.82) is 0 Å². The number of carbonyl (C=O) groups is 1. The van der Waals surface area contributed by atoms with E-state index < -0.39 is 17.7 Å². The first kappa shape index (κ1) is 16.7. The second kappa shape index (κ2) is 6.39. The van der Waals surface area contributed by atoms with Gasteiger partial charge in [-0.05, 0) is 30.3 Å². The summed E-state index contributed by atoms with van der Waals surface area (Å²) >= 11 is 0. The molecule has 1 N–H and O–H groups in total. The molecular formula is C17H12F3N3O2. The van der Waals surface area contributed by atoms with Gasteiger partial charge in [-0.3, -0.25) is 9.99 Å². The summed E-state index contributed by atoms with van der Waals surface area (Å²) in [5.74, 6) is -1.12. The molecule has 0 bridgehead atoms. The Bertz CT molecular complexity index is 844. The number of aromatic nitrogens is 1. The summed E-state index contributed by atoms with van der Waals surface area (Å²) < 4.78 is 38.0. The van der Waals surface area contributed by atoms with Crippen molar-refractivity contribution < 1.29 is 23.1 Å². The molecule has 0 aliphatic carbocycles. The highest BCUT2D eigenvalue weighted by Gasteiger charge is 2.30. The van der Waals surface area contributed by atoms with Crippen molar-refractivity contribution in [3.8, 4) is 0 Å². The molecule has 0 amide bonds. The quantitative estimate of drug-likeness (QED) is 0.925. The monoisotopic (exact) mass is 347 g/mol. The van der Waals surface area contributed by atoms with Gasteiger partial charge in [-0.25, -0.2) is 4.79 Å². The van der Waals surface area contributed by atoms with E-state index in [1.54, 1.807) is 18.3 Å². The summed E-state index contributed by atoms with van der Waals surface area (Å²) in [4.78, 5) is 15.3. The fourth-order valence-electron chi connectivity index (χ4n) is 2.32. The van der Waals surface area contributed by atoms with Crippen LogP contribution in [0.25, 0.3) is 0 Å². The summed E-state index contributed by atoms with van der Waals surface area (Å²) in [6.45, 7) is 0.0329. The van der Waals surface area contributed by atoms with E-state index in [0.29, 0.717) is 11.3 Å². The predicted octanol–water partition coefficient (Wildman–Crippen LogP) is 3.34. The van der Waals surface area contributed by atoms with E-state index in [0.717, 1.165) is 12.1 Å². The number of hydrogen-bond donors (Lipinski definition) is 1. The maximum atomic E-state index is 12.7. The van der Waals surface area contributed by atoms with Gasteiger partial charge in [-0.15, -0.1) is 0 Å². The van der Waals surface area contributed by atoms with Gasteiger partial charge in [0, 0.05) is 11.8 Å². The molecule has 0 spiro atoms. The Morgan fingerprint density at radius 2 is 1.88 bits per heavy atom. The molecule has 8 heteroatoms. The average molecular weight is 347 g/mol. The number of anilines is 1. The van der Waals surface area contributed by atoms with Crippen molar-refractivity contribution in [3.05, 3.63) is 71.6 Å². The zero-order chi connectivity index (χ0) is 18.0. The molecule has 0 unspecified atom stereocenters.